The fourth-order valence-electron chi connectivity index (χ4n) is 7.98. The summed E-state index contributed by atoms with van der Waals surface area (Å²) in [5.74, 6) is 4.58. The number of carbonyl (C=O) groups excluding carboxylic acids is 1. The number of hydrogen-bond acceptors (Lipinski definition) is 3. The largest absolute Gasteiger partial charge is 0.387 e. The molecule has 148 valence electrons. The molecule has 0 spiro atoms. The molecule has 0 saturated heterocycles. The summed E-state index contributed by atoms with van der Waals surface area (Å²) in [4.78, 5) is 12.5. The monoisotopic (exact) mass is 426 g/mol. The minimum atomic E-state index is -0.591. The third-order valence-electron chi connectivity index (χ3n) is 9.04. The third-order valence-corrected chi connectivity index (χ3v) is 9.59. The van der Waals surface area contributed by atoms with E-state index in [1.807, 2.05) is 0 Å². The van der Waals surface area contributed by atoms with Crippen molar-refractivity contribution in [1.29, 1.82) is 0 Å². The van der Waals surface area contributed by atoms with Gasteiger partial charge in [0.1, 0.15) is 5.78 Å². The SMILES string of the molecule is COC[C@@]1(O)CC[C@H]2C(CC[C@@H]3[C@@H]2CC[C@]2(C)[C@@H](C(=O)CBr)CC[C@@H]32)C1. The molecule has 0 bridgehead atoms. The molecule has 0 radical (unpaired) electrons. The Morgan fingerprint density at radius 2 is 1.85 bits per heavy atom. The third kappa shape index (κ3) is 3.03. The van der Waals surface area contributed by atoms with Gasteiger partial charge in [-0.3, -0.25) is 4.79 Å². The number of carbonyl (C=O) groups is 1. The smallest absolute Gasteiger partial charge is 0.147 e. The average molecular weight is 427 g/mol. The Kier molecular flexibility index (Phi) is 5.33. The van der Waals surface area contributed by atoms with Crippen molar-refractivity contribution >= 4 is 21.7 Å². The van der Waals surface area contributed by atoms with Gasteiger partial charge in [0.2, 0.25) is 0 Å². The van der Waals surface area contributed by atoms with E-state index in [1.54, 1.807) is 7.11 Å². The Morgan fingerprint density at radius 1 is 1.08 bits per heavy atom. The normalized spacial score (nSPS) is 50.6. The van der Waals surface area contributed by atoms with Crippen molar-refractivity contribution < 1.29 is 14.6 Å². The number of ketones is 1. The van der Waals surface area contributed by atoms with Crippen LogP contribution in [0, 0.1) is 40.9 Å². The first-order valence-corrected chi connectivity index (χ1v) is 11.8. The van der Waals surface area contributed by atoms with Crippen molar-refractivity contribution in [3.8, 4) is 0 Å². The lowest BCUT2D eigenvalue weighted by Crippen LogP contribution is -2.52. The minimum absolute atomic E-state index is 0.240. The van der Waals surface area contributed by atoms with Gasteiger partial charge in [0.15, 0.2) is 0 Å². The summed E-state index contributed by atoms with van der Waals surface area (Å²) in [6, 6.07) is 0. The fraction of sp³-hybridized carbons (Fsp3) is 0.955. The van der Waals surface area contributed by atoms with E-state index in [1.165, 1.54) is 38.5 Å². The topological polar surface area (TPSA) is 46.5 Å². The highest BCUT2D eigenvalue weighted by molar-refractivity contribution is 9.09. The van der Waals surface area contributed by atoms with Crippen LogP contribution in [0.15, 0.2) is 0 Å². The number of hydrogen-bond donors (Lipinski definition) is 1. The molecule has 26 heavy (non-hydrogen) atoms. The second-order valence-electron chi connectivity index (χ2n) is 10.1. The van der Waals surface area contributed by atoms with Crippen molar-refractivity contribution in [2.24, 2.45) is 40.9 Å². The van der Waals surface area contributed by atoms with Gasteiger partial charge in [-0.1, -0.05) is 22.9 Å². The molecule has 3 nitrogen and oxygen atoms in total. The molecule has 0 heterocycles. The van der Waals surface area contributed by atoms with Crippen molar-refractivity contribution in [2.45, 2.75) is 70.3 Å². The van der Waals surface area contributed by atoms with Gasteiger partial charge in [-0.25, -0.2) is 0 Å². The molecule has 4 heteroatoms. The molecule has 4 rings (SSSR count). The molecule has 0 aliphatic heterocycles. The van der Waals surface area contributed by atoms with E-state index in [9.17, 15) is 9.90 Å². The van der Waals surface area contributed by atoms with Crippen molar-refractivity contribution in [1.82, 2.24) is 0 Å². The summed E-state index contributed by atoms with van der Waals surface area (Å²) in [5, 5.41) is 11.4. The van der Waals surface area contributed by atoms with E-state index in [2.05, 4.69) is 22.9 Å². The van der Waals surface area contributed by atoms with Crippen LogP contribution in [0.3, 0.4) is 0 Å². The van der Waals surface area contributed by atoms with E-state index in [0.717, 1.165) is 42.9 Å². The molecular formula is C22H35BrO3. The summed E-state index contributed by atoms with van der Waals surface area (Å²) in [5.41, 5.74) is -0.350. The van der Waals surface area contributed by atoms with Gasteiger partial charge in [-0.05, 0) is 92.8 Å². The Balaban J connectivity index is 1.50. The van der Waals surface area contributed by atoms with Crippen molar-refractivity contribution in [3.63, 3.8) is 0 Å². The molecular weight excluding hydrogens is 392 g/mol. The van der Waals surface area contributed by atoms with Gasteiger partial charge in [0.05, 0.1) is 17.5 Å². The Hall–Kier alpha value is 0.0700. The van der Waals surface area contributed by atoms with E-state index in [0.29, 0.717) is 23.6 Å². The molecule has 0 amide bonds. The van der Waals surface area contributed by atoms with Crippen LogP contribution in [0.5, 0.6) is 0 Å². The highest BCUT2D eigenvalue weighted by Gasteiger charge is 2.58. The fourth-order valence-corrected chi connectivity index (χ4v) is 8.38. The first-order valence-electron chi connectivity index (χ1n) is 10.7. The molecule has 4 aliphatic rings. The van der Waals surface area contributed by atoms with Gasteiger partial charge in [-0.2, -0.15) is 0 Å². The molecule has 1 N–H and O–H groups in total. The summed E-state index contributed by atoms with van der Waals surface area (Å²) < 4.78 is 5.30. The van der Waals surface area contributed by atoms with Gasteiger partial charge in [-0.15, -0.1) is 0 Å². The van der Waals surface area contributed by atoms with Gasteiger partial charge < -0.3 is 9.84 Å². The standard InChI is InChI=1S/C22H35BrO3/c1-21-9-7-16-15-8-10-22(25,13-26-2)11-14(15)3-4-17(16)18(21)5-6-19(21)20(24)12-23/h14-19,25H,3-13H2,1-2H3/t14?,15-,16+,17+,18-,19+,21-,22+/m0/s1. The van der Waals surface area contributed by atoms with Crippen LogP contribution in [0.4, 0.5) is 0 Å². The molecule has 4 fully saturated rings. The van der Waals surface area contributed by atoms with Crippen LogP contribution in [0.25, 0.3) is 0 Å². The lowest BCUT2D eigenvalue weighted by Gasteiger charge is -2.57. The lowest BCUT2D eigenvalue weighted by atomic mass is 9.49. The van der Waals surface area contributed by atoms with E-state index < -0.39 is 5.60 Å². The molecule has 1 unspecified atom stereocenters. The average Bonchev–Trinajstić information content (AvgIpc) is 2.98. The van der Waals surface area contributed by atoms with Gasteiger partial charge >= 0.3 is 0 Å². The zero-order chi connectivity index (χ0) is 18.5. The van der Waals surface area contributed by atoms with Gasteiger partial charge in [0.25, 0.3) is 0 Å². The number of ether oxygens (including phenoxy) is 1. The Labute approximate surface area is 166 Å². The van der Waals surface area contributed by atoms with Crippen molar-refractivity contribution in [2.75, 3.05) is 19.0 Å². The zero-order valence-corrected chi connectivity index (χ0v) is 18.0. The second kappa shape index (κ2) is 7.15. The molecule has 4 aliphatic carbocycles. The van der Waals surface area contributed by atoms with Crippen LogP contribution in [-0.4, -0.2) is 35.5 Å². The maximum Gasteiger partial charge on any atom is 0.147 e. The van der Waals surface area contributed by atoms with Crippen LogP contribution in [0.2, 0.25) is 0 Å². The number of methoxy groups -OCH3 is 1. The number of aliphatic hydroxyl groups is 1. The highest BCUT2D eigenvalue weighted by atomic mass is 79.9. The summed E-state index contributed by atoms with van der Waals surface area (Å²) in [6.45, 7) is 2.91. The van der Waals surface area contributed by atoms with Crippen LogP contribution in [0.1, 0.15) is 64.7 Å². The Morgan fingerprint density at radius 3 is 2.58 bits per heavy atom. The maximum atomic E-state index is 12.5. The van der Waals surface area contributed by atoms with E-state index >= 15 is 0 Å². The minimum Gasteiger partial charge on any atom is -0.387 e. The number of halogens is 1. The predicted molar refractivity (Wildman–Crippen MR) is 106 cm³/mol. The molecule has 8 atom stereocenters. The van der Waals surface area contributed by atoms with E-state index in [4.69, 9.17) is 4.74 Å². The summed E-state index contributed by atoms with van der Waals surface area (Å²) in [6.07, 6.45) is 10.5. The van der Waals surface area contributed by atoms with Gasteiger partial charge in [0, 0.05) is 13.0 Å². The predicted octanol–water partition coefficient (Wildman–Crippen LogP) is 4.60. The van der Waals surface area contributed by atoms with Crippen LogP contribution < -0.4 is 0 Å². The van der Waals surface area contributed by atoms with Crippen LogP contribution >= 0.6 is 15.9 Å². The first kappa shape index (κ1) is 19.4. The second-order valence-corrected chi connectivity index (χ2v) is 10.7. The molecule has 4 saturated carbocycles. The Bertz CT molecular complexity index is 552. The number of rotatable bonds is 4. The van der Waals surface area contributed by atoms with E-state index in [-0.39, 0.29) is 11.3 Å². The van der Waals surface area contributed by atoms with Crippen molar-refractivity contribution in [3.05, 3.63) is 0 Å². The zero-order valence-electron chi connectivity index (χ0n) is 16.4. The molecule has 0 aromatic rings. The maximum absolute atomic E-state index is 12.5. The lowest BCUT2D eigenvalue weighted by molar-refractivity contribution is -0.134. The quantitative estimate of drug-likeness (QED) is 0.668. The highest BCUT2D eigenvalue weighted by Crippen LogP contribution is 2.64. The summed E-state index contributed by atoms with van der Waals surface area (Å²) >= 11 is 3.42. The molecule has 0 aromatic heterocycles. The van der Waals surface area contributed by atoms with Crippen LogP contribution in [-0.2, 0) is 9.53 Å². The number of fused-ring (bicyclic) bond motifs is 5. The first-order chi connectivity index (χ1) is 12.4. The molecule has 0 aromatic carbocycles. The summed E-state index contributed by atoms with van der Waals surface area (Å²) in [7, 11) is 1.70. The number of alkyl halides is 1. The number of Topliss-reactive ketones (excluding diaryl/α,β-unsaturated/α-hetero) is 1.